The molecular weight excluding hydrogens is 691 g/mol. The lowest BCUT2D eigenvalue weighted by Crippen LogP contribution is -2.60. The Morgan fingerprint density at radius 1 is 0.782 bits per heavy atom. The van der Waals surface area contributed by atoms with Crippen molar-refractivity contribution in [3.8, 4) is 0 Å². The van der Waals surface area contributed by atoms with E-state index in [0.717, 1.165) is 115 Å². The SMILES string of the molecule is CCOC(=O)[C@]1(C)CCC[C@@]2(C)[C@H]3CC[C@@]4(C)C[C@]3(CC[C@@H]21)[C@H](Cn1nncc1COC(=O)[C@]1(C)CCC[C@@]2(C)[C@@H]3CC[C@@]5(C)C[C@]3(CC[C@@H]21)CC5=O)[C@H]4O. The van der Waals surface area contributed by atoms with E-state index in [9.17, 15) is 19.5 Å². The molecular formula is C46H69N3O6. The van der Waals surface area contributed by atoms with Crippen molar-refractivity contribution < 1.29 is 29.0 Å². The monoisotopic (exact) mass is 760 g/mol. The van der Waals surface area contributed by atoms with Crippen LogP contribution in [0.1, 0.15) is 163 Å². The van der Waals surface area contributed by atoms with Crippen molar-refractivity contribution in [1.29, 1.82) is 0 Å². The van der Waals surface area contributed by atoms with E-state index in [4.69, 9.17) is 9.47 Å². The Hall–Kier alpha value is -2.29. The maximum Gasteiger partial charge on any atom is 0.312 e. The van der Waals surface area contributed by atoms with Gasteiger partial charge in [0.05, 0.1) is 35.4 Å². The first-order chi connectivity index (χ1) is 25.9. The minimum absolute atomic E-state index is 0.000603. The summed E-state index contributed by atoms with van der Waals surface area (Å²) in [6.07, 6.45) is 18.2. The van der Waals surface area contributed by atoms with Crippen molar-refractivity contribution in [3.63, 3.8) is 0 Å². The zero-order valence-electron chi connectivity index (χ0n) is 35.0. The zero-order chi connectivity index (χ0) is 39.0. The van der Waals surface area contributed by atoms with E-state index in [0.29, 0.717) is 30.8 Å². The van der Waals surface area contributed by atoms with E-state index in [1.807, 2.05) is 11.6 Å². The topological polar surface area (TPSA) is 121 Å². The molecule has 4 bridgehead atoms. The van der Waals surface area contributed by atoms with Crippen molar-refractivity contribution in [2.24, 2.45) is 72.9 Å². The van der Waals surface area contributed by atoms with Crippen LogP contribution in [0.5, 0.6) is 0 Å². The second kappa shape index (κ2) is 12.4. The van der Waals surface area contributed by atoms with Crippen LogP contribution < -0.4 is 0 Å². The molecule has 304 valence electrons. The highest BCUT2D eigenvalue weighted by Crippen LogP contribution is 2.76. The number of nitrogens with zero attached hydrogens (tertiary/aromatic N) is 3. The van der Waals surface area contributed by atoms with Gasteiger partial charge in [-0.25, -0.2) is 4.68 Å². The number of fused-ring (bicyclic) bond motifs is 6. The number of Topliss-reactive ketones (excluding diaryl/α,β-unsaturated/α-hetero) is 1. The Kier molecular flexibility index (Phi) is 8.60. The van der Waals surface area contributed by atoms with E-state index in [1.165, 1.54) is 0 Å². The smallest absolute Gasteiger partial charge is 0.312 e. The van der Waals surface area contributed by atoms with Crippen LogP contribution in [-0.2, 0) is 37.0 Å². The summed E-state index contributed by atoms with van der Waals surface area (Å²) in [5, 5.41) is 21.2. The number of hydrogen-bond acceptors (Lipinski definition) is 8. The molecule has 9 rings (SSSR count). The van der Waals surface area contributed by atoms with Gasteiger partial charge in [0.1, 0.15) is 12.4 Å². The summed E-state index contributed by atoms with van der Waals surface area (Å²) in [7, 11) is 0. The number of aliphatic hydroxyl groups excluding tert-OH is 1. The number of carbonyl (C=O) groups excluding carboxylic acids is 3. The highest BCUT2D eigenvalue weighted by atomic mass is 16.5. The molecule has 0 aliphatic heterocycles. The molecule has 0 aromatic carbocycles. The van der Waals surface area contributed by atoms with Crippen LogP contribution in [0.2, 0.25) is 0 Å². The quantitative estimate of drug-likeness (QED) is 0.275. The van der Waals surface area contributed by atoms with Crippen molar-refractivity contribution in [1.82, 2.24) is 15.0 Å². The molecule has 1 aromatic heterocycles. The van der Waals surface area contributed by atoms with Crippen LogP contribution in [-0.4, -0.2) is 50.5 Å². The Bertz CT molecular complexity index is 1760. The number of ether oxygens (including phenoxy) is 2. The lowest BCUT2D eigenvalue weighted by molar-refractivity contribution is -0.192. The fraction of sp³-hybridized carbons (Fsp3) is 0.891. The van der Waals surface area contributed by atoms with Gasteiger partial charge < -0.3 is 14.6 Å². The molecule has 0 radical (unpaired) electrons. The molecule has 1 N–H and O–H groups in total. The standard InChI is InChI=1S/C46H69N3O6/c1-8-54-37(52)43(6)17-10-16-42(5)32(43)14-22-46-28-40(3,20-12-34(42)46)36(51)30(46)25-49-29(24-47-48-49)26-55-38(53)44(7)18-9-15-41(4)31(44)13-21-45-23-35(50)39(2,27-45)19-11-33(41)45/h24,30-34,36,51H,8-23,25-28H2,1-7H3/t30-,31+,32+,33+,34-,36-,39+,40+,41-,42-,43-,44-,45+,46-/m1/s1. The summed E-state index contributed by atoms with van der Waals surface area (Å²) in [6.45, 7) is 16.8. The first kappa shape index (κ1) is 38.2. The lowest BCUT2D eigenvalue weighted by Gasteiger charge is -2.65. The maximum atomic E-state index is 14.4. The molecule has 2 spiro atoms. The number of rotatable bonds is 7. The molecule has 8 fully saturated rings. The van der Waals surface area contributed by atoms with E-state index < -0.39 is 16.9 Å². The van der Waals surface area contributed by atoms with Gasteiger partial charge in [-0.05, 0) is 161 Å². The second-order valence-corrected chi connectivity index (χ2v) is 22.4. The molecule has 0 amide bonds. The van der Waals surface area contributed by atoms with Crippen molar-refractivity contribution in [3.05, 3.63) is 11.9 Å². The third-order valence-electron chi connectivity index (χ3n) is 19.9. The molecule has 8 aliphatic rings. The molecule has 1 heterocycles. The number of aliphatic hydroxyl groups is 1. The Labute approximate surface area is 329 Å². The van der Waals surface area contributed by atoms with Gasteiger partial charge in [0.2, 0.25) is 0 Å². The third-order valence-corrected chi connectivity index (χ3v) is 19.9. The van der Waals surface area contributed by atoms with Crippen LogP contribution in [0.25, 0.3) is 0 Å². The van der Waals surface area contributed by atoms with Crippen LogP contribution >= 0.6 is 0 Å². The first-order valence-corrected chi connectivity index (χ1v) is 22.4. The van der Waals surface area contributed by atoms with Crippen LogP contribution in [0, 0.1) is 72.9 Å². The Morgan fingerprint density at radius 2 is 1.40 bits per heavy atom. The molecule has 0 unspecified atom stereocenters. The number of carbonyl (C=O) groups is 3. The van der Waals surface area contributed by atoms with Crippen molar-refractivity contribution >= 4 is 17.7 Å². The molecule has 0 saturated heterocycles. The van der Waals surface area contributed by atoms with Gasteiger partial charge in [0.25, 0.3) is 0 Å². The normalized spacial score (nSPS) is 51.0. The molecule has 8 aliphatic carbocycles. The van der Waals surface area contributed by atoms with E-state index in [1.54, 1.807) is 6.20 Å². The molecule has 55 heavy (non-hydrogen) atoms. The zero-order valence-corrected chi connectivity index (χ0v) is 35.0. The number of ketones is 1. The minimum Gasteiger partial charge on any atom is -0.466 e. The lowest BCUT2D eigenvalue weighted by atomic mass is 9.39. The predicted octanol–water partition coefficient (Wildman–Crippen LogP) is 8.65. The van der Waals surface area contributed by atoms with Gasteiger partial charge in [-0.15, -0.1) is 5.10 Å². The number of esters is 2. The fourth-order valence-electron chi connectivity index (χ4n) is 17.6. The van der Waals surface area contributed by atoms with Crippen LogP contribution in [0.4, 0.5) is 0 Å². The van der Waals surface area contributed by atoms with E-state index in [2.05, 4.69) is 51.9 Å². The van der Waals surface area contributed by atoms with Crippen LogP contribution in [0.3, 0.4) is 0 Å². The summed E-state index contributed by atoms with van der Waals surface area (Å²) >= 11 is 0. The molecule has 9 heteroatoms. The van der Waals surface area contributed by atoms with Gasteiger partial charge in [-0.3, -0.25) is 14.4 Å². The number of aromatic nitrogens is 3. The van der Waals surface area contributed by atoms with E-state index >= 15 is 0 Å². The summed E-state index contributed by atoms with van der Waals surface area (Å²) in [5.74, 6) is 1.75. The van der Waals surface area contributed by atoms with E-state index in [-0.39, 0.29) is 68.8 Å². The molecule has 8 saturated carbocycles. The van der Waals surface area contributed by atoms with Gasteiger partial charge >= 0.3 is 11.9 Å². The maximum absolute atomic E-state index is 14.4. The summed E-state index contributed by atoms with van der Waals surface area (Å²) in [4.78, 5) is 41.2. The average Bonchev–Trinajstić information content (AvgIpc) is 3.69. The van der Waals surface area contributed by atoms with Gasteiger partial charge in [-0.1, -0.05) is 45.7 Å². The van der Waals surface area contributed by atoms with Gasteiger partial charge in [-0.2, -0.15) is 0 Å². The first-order valence-electron chi connectivity index (χ1n) is 22.4. The highest BCUT2D eigenvalue weighted by molar-refractivity contribution is 5.88. The number of hydrogen-bond donors (Lipinski definition) is 1. The molecule has 1 aromatic rings. The van der Waals surface area contributed by atoms with Gasteiger partial charge in [0, 0.05) is 24.3 Å². The highest BCUT2D eigenvalue weighted by Gasteiger charge is 2.72. The summed E-state index contributed by atoms with van der Waals surface area (Å²) in [5.41, 5.74) is -0.460. The average molecular weight is 760 g/mol. The van der Waals surface area contributed by atoms with Gasteiger partial charge in [0.15, 0.2) is 0 Å². The second-order valence-electron chi connectivity index (χ2n) is 22.4. The summed E-state index contributed by atoms with van der Waals surface area (Å²) < 4.78 is 14.0. The predicted molar refractivity (Wildman–Crippen MR) is 207 cm³/mol. The molecule has 14 atom stereocenters. The summed E-state index contributed by atoms with van der Waals surface area (Å²) in [6, 6.07) is 0. The molecule has 9 nitrogen and oxygen atoms in total. The Balaban J connectivity index is 0.935. The minimum atomic E-state index is -0.568. The van der Waals surface area contributed by atoms with Crippen molar-refractivity contribution in [2.75, 3.05) is 6.61 Å². The Morgan fingerprint density at radius 3 is 2.09 bits per heavy atom. The third kappa shape index (κ3) is 5.07. The van der Waals surface area contributed by atoms with Crippen LogP contribution in [0.15, 0.2) is 6.20 Å². The van der Waals surface area contributed by atoms with Crippen molar-refractivity contribution in [2.45, 2.75) is 177 Å². The largest absolute Gasteiger partial charge is 0.466 e. The fourth-order valence-corrected chi connectivity index (χ4v) is 17.6.